The Kier molecular flexibility index (Phi) is 6.82. The Bertz CT molecular complexity index is 886. The zero-order chi connectivity index (χ0) is 19.4. The molecule has 26 heavy (non-hydrogen) atoms. The van der Waals surface area contributed by atoms with Crippen molar-refractivity contribution in [2.24, 2.45) is 0 Å². The highest BCUT2D eigenvalue weighted by Crippen LogP contribution is 2.29. The summed E-state index contributed by atoms with van der Waals surface area (Å²) in [6.07, 6.45) is 0.792. The molecule has 0 atom stereocenters. The quantitative estimate of drug-likeness (QED) is 0.578. The fourth-order valence-electron chi connectivity index (χ4n) is 2.42. The van der Waals surface area contributed by atoms with Crippen LogP contribution in [0.25, 0.3) is 10.2 Å². The van der Waals surface area contributed by atoms with E-state index in [1.165, 1.54) is 11.3 Å². The maximum Gasteiger partial charge on any atom is 0.321 e. The Morgan fingerprint density at radius 1 is 1.31 bits per heavy atom. The number of aryl methyl sites for hydroxylation is 2. The van der Waals surface area contributed by atoms with Crippen molar-refractivity contribution in [3.63, 3.8) is 0 Å². The number of urea groups is 1. The number of carbonyl (C=O) groups excluding carboxylic acids is 2. The number of hydrogen-bond donors (Lipinski definition) is 2. The third-order valence-corrected chi connectivity index (χ3v) is 5.89. The number of thioether (sulfide) groups is 1. The molecular formula is C17H24N4O3S2. The van der Waals surface area contributed by atoms with Crippen LogP contribution < -0.4 is 16.2 Å². The predicted octanol–water partition coefficient (Wildman–Crippen LogP) is 2.98. The van der Waals surface area contributed by atoms with Crippen LogP contribution in [0.1, 0.15) is 43.7 Å². The predicted molar refractivity (Wildman–Crippen MR) is 106 cm³/mol. The van der Waals surface area contributed by atoms with Gasteiger partial charge in [-0.15, -0.1) is 11.3 Å². The second kappa shape index (κ2) is 8.68. The van der Waals surface area contributed by atoms with Gasteiger partial charge in [0.05, 0.1) is 11.1 Å². The van der Waals surface area contributed by atoms with E-state index in [-0.39, 0.29) is 17.4 Å². The first kappa shape index (κ1) is 20.4. The number of hydrogen-bond acceptors (Lipinski definition) is 6. The molecule has 0 aliphatic carbocycles. The van der Waals surface area contributed by atoms with Gasteiger partial charge < -0.3 is 5.32 Å². The second-order valence-electron chi connectivity index (χ2n) is 6.22. The molecule has 2 N–H and O–H groups in total. The molecule has 2 heterocycles. The average Bonchev–Trinajstić information content (AvgIpc) is 2.85. The van der Waals surface area contributed by atoms with Crippen LogP contribution in [0.2, 0.25) is 0 Å². The number of amides is 3. The molecule has 0 saturated heterocycles. The van der Waals surface area contributed by atoms with Crippen LogP contribution in [0.5, 0.6) is 0 Å². The third-order valence-electron chi connectivity index (χ3n) is 3.84. The molecule has 0 saturated carbocycles. The van der Waals surface area contributed by atoms with Crippen LogP contribution in [0, 0.1) is 13.8 Å². The van der Waals surface area contributed by atoms with Crippen LogP contribution in [0.15, 0.2) is 9.95 Å². The Morgan fingerprint density at radius 2 is 2.00 bits per heavy atom. The smallest absolute Gasteiger partial charge is 0.321 e. The van der Waals surface area contributed by atoms with Gasteiger partial charge in [-0.1, -0.05) is 18.7 Å². The highest BCUT2D eigenvalue weighted by atomic mass is 32.2. The molecule has 0 unspecified atom stereocenters. The Balaban J connectivity index is 2.24. The van der Waals surface area contributed by atoms with Gasteiger partial charge in [0.2, 0.25) is 5.91 Å². The summed E-state index contributed by atoms with van der Waals surface area (Å²) in [5, 5.41) is 6.00. The summed E-state index contributed by atoms with van der Waals surface area (Å²) in [6.45, 7) is 10.2. The monoisotopic (exact) mass is 396 g/mol. The minimum absolute atomic E-state index is 0.00749. The van der Waals surface area contributed by atoms with Crippen LogP contribution >= 0.6 is 23.1 Å². The number of rotatable bonds is 6. The van der Waals surface area contributed by atoms with E-state index in [1.54, 1.807) is 4.57 Å². The van der Waals surface area contributed by atoms with Crippen molar-refractivity contribution >= 4 is 45.3 Å². The first-order valence-electron chi connectivity index (χ1n) is 8.48. The van der Waals surface area contributed by atoms with Gasteiger partial charge in [-0.2, -0.15) is 0 Å². The van der Waals surface area contributed by atoms with Gasteiger partial charge in [-0.3, -0.25) is 19.5 Å². The summed E-state index contributed by atoms with van der Waals surface area (Å²) in [4.78, 5) is 42.8. The van der Waals surface area contributed by atoms with Crippen LogP contribution in [-0.4, -0.2) is 33.8 Å². The number of fused-ring (bicyclic) bond motifs is 1. The first-order chi connectivity index (χ1) is 12.3. The maximum atomic E-state index is 12.9. The molecule has 0 aliphatic heterocycles. The molecule has 7 nitrogen and oxygen atoms in total. The van der Waals surface area contributed by atoms with E-state index in [1.807, 2.05) is 34.6 Å². The molecule has 0 fully saturated rings. The van der Waals surface area contributed by atoms with E-state index in [0.29, 0.717) is 21.9 Å². The molecule has 0 bridgehead atoms. The van der Waals surface area contributed by atoms with Gasteiger partial charge >= 0.3 is 6.03 Å². The lowest BCUT2D eigenvalue weighted by atomic mass is 10.2. The highest BCUT2D eigenvalue weighted by molar-refractivity contribution is 7.99. The van der Waals surface area contributed by atoms with Gasteiger partial charge in [-0.05, 0) is 39.7 Å². The molecule has 2 aromatic heterocycles. The number of nitrogens with zero attached hydrogens (tertiary/aromatic N) is 2. The number of nitrogens with one attached hydrogen (secondary N) is 2. The average molecular weight is 397 g/mol. The topological polar surface area (TPSA) is 93.1 Å². The second-order valence-corrected chi connectivity index (χ2v) is 8.37. The molecule has 0 spiro atoms. The zero-order valence-electron chi connectivity index (χ0n) is 15.6. The van der Waals surface area contributed by atoms with Crippen molar-refractivity contribution in [2.75, 3.05) is 12.3 Å². The standard InChI is InChI=1S/C17H24N4O3S2/c1-6-7-18-16(24)19-12(22)8-25-17-20-14-13(10(4)11(5)26-14)15(23)21(17)9(2)3/h9H,6-8H2,1-5H3,(H2,18,19,22,24). The molecule has 2 aromatic rings. The molecule has 3 amide bonds. The van der Waals surface area contributed by atoms with E-state index in [9.17, 15) is 14.4 Å². The highest BCUT2D eigenvalue weighted by Gasteiger charge is 2.19. The molecule has 0 aromatic carbocycles. The lowest BCUT2D eigenvalue weighted by molar-refractivity contribution is -0.117. The normalized spacial score (nSPS) is 11.2. The van der Waals surface area contributed by atoms with Crippen LogP contribution in [0.4, 0.5) is 4.79 Å². The van der Waals surface area contributed by atoms with Gasteiger partial charge in [0, 0.05) is 17.5 Å². The Hall–Kier alpha value is -1.87. The number of imide groups is 1. The molecular weight excluding hydrogens is 372 g/mol. The fourth-order valence-corrected chi connectivity index (χ4v) is 4.42. The van der Waals surface area contributed by atoms with E-state index < -0.39 is 11.9 Å². The van der Waals surface area contributed by atoms with Crippen LogP contribution in [-0.2, 0) is 4.79 Å². The van der Waals surface area contributed by atoms with E-state index in [2.05, 4.69) is 15.6 Å². The van der Waals surface area contributed by atoms with E-state index >= 15 is 0 Å². The summed E-state index contributed by atoms with van der Waals surface area (Å²) < 4.78 is 1.61. The van der Waals surface area contributed by atoms with Crippen molar-refractivity contribution in [1.82, 2.24) is 20.2 Å². The van der Waals surface area contributed by atoms with E-state index in [0.717, 1.165) is 28.6 Å². The molecule has 0 radical (unpaired) electrons. The van der Waals surface area contributed by atoms with Gasteiger partial charge in [0.15, 0.2) is 5.16 Å². The number of carbonyl (C=O) groups is 2. The number of aromatic nitrogens is 2. The summed E-state index contributed by atoms with van der Waals surface area (Å²) in [6, 6.07) is -0.593. The lowest BCUT2D eigenvalue weighted by Gasteiger charge is -2.15. The lowest BCUT2D eigenvalue weighted by Crippen LogP contribution is -2.40. The summed E-state index contributed by atoms with van der Waals surface area (Å²) in [5.74, 6) is -0.417. The maximum absolute atomic E-state index is 12.9. The summed E-state index contributed by atoms with van der Waals surface area (Å²) in [5.41, 5.74) is 0.870. The molecule has 9 heteroatoms. The largest absolute Gasteiger partial charge is 0.338 e. The van der Waals surface area contributed by atoms with Crippen molar-refractivity contribution < 1.29 is 9.59 Å². The minimum atomic E-state index is -0.508. The Labute approximate surface area is 160 Å². The number of thiophene rings is 1. The summed E-state index contributed by atoms with van der Waals surface area (Å²) in [7, 11) is 0. The zero-order valence-corrected chi connectivity index (χ0v) is 17.3. The minimum Gasteiger partial charge on any atom is -0.338 e. The molecule has 2 rings (SSSR count). The van der Waals surface area contributed by atoms with Crippen molar-refractivity contribution in [2.45, 2.75) is 52.2 Å². The molecule has 0 aliphatic rings. The third kappa shape index (κ3) is 4.45. The SMILES string of the molecule is CCCNC(=O)NC(=O)CSc1nc2sc(C)c(C)c2c(=O)n1C(C)C. The summed E-state index contributed by atoms with van der Waals surface area (Å²) >= 11 is 2.64. The van der Waals surface area contributed by atoms with Crippen molar-refractivity contribution in [3.8, 4) is 0 Å². The molecule has 142 valence electrons. The van der Waals surface area contributed by atoms with Gasteiger partial charge in [0.25, 0.3) is 5.56 Å². The van der Waals surface area contributed by atoms with Gasteiger partial charge in [-0.25, -0.2) is 9.78 Å². The first-order valence-corrected chi connectivity index (χ1v) is 10.3. The van der Waals surface area contributed by atoms with Gasteiger partial charge in [0.1, 0.15) is 4.83 Å². The fraction of sp³-hybridized carbons (Fsp3) is 0.529. The van der Waals surface area contributed by atoms with Crippen molar-refractivity contribution in [1.29, 1.82) is 0 Å². The van der Waals surface area contributed by atoms with Crippen molar-refractivity contribution in [3.05, 3.63) is 20.8 Å². The van der Waals surface area contributed by atoms with Crippen LogP contribution in [0.3, 0.4) is 0 Å². The Morgan fingerprint density at radius 3 is 2.62 bits per heavy atom. The van der Waals surface area contributed by atoms with E-state index in [4.69, 9.17) is 0 Å².